The van der Waals surface area contributed by atoms with Crippen LogP contribution >= 0.6 is 0 Å². The molecule has 1 saturated heterocycles. The largest absolute Gasteiger partial charge is 0.457 e. The summed E-state index contributed by atoms with van der Waals surface area (Å²) >= 11 is 0. The third-order valence-electron chi connectivity index (χ3n) is 5.00. The molecule has 4 rings (SSSR count). The number of para-hydroxylation sites is 1. The van der Waals surface area contributed by atoms with Crippen LogP contribution in [0.25, 0.3) is 0 Å². The molecule has 0 spiro atoms. The van der Waals surface area contributed by atoms with Crippen molar-refractivity contribution in [3.05, 3.63) is 78.6 Å². The van der Waals surface area contributed by atoms with E-state index in [4.69, 9.17) is 4.74 Å². The molecule has 1 aromatic heterocycles. The minimum absolute atomic E-state index is 0.0927. The first-order valence-corrected chi connectivity index (χ1v) is 10.1. The van der Waals surface area contributed by atoms with Crippen molar-refractivity contribution in [2.45, 2.75) is 0 Å². The highest BCUT2D eigenvalue weighted by atomic mass is 16.5. The molecule has 2 heterocycles. The smallest absolute Gasteiger partial charge is 0.251 e. The van der Waals surface area contributed by atoms with Crippen molar-refractivity contribution < 1.29 is 9.53 Å². The Balaban J connectivity index is 1.22. The quantitative estimate of drug-likeness (QED) is 0.654. The molecule has 0 aliphatic carbocycles. The Bertz CT molecular complexity index is 944. The first kappa shape index (κ1) is 19.8. The molecule has 30 heavy (non-hydrogen) atoms. The molecular formula is C23H25N5O2. The molecule has 3 aromatic rings. The van der Waals surface area contributed by atoms with Crippen molar-refractivity contribution in [2.75, 3.05) is 44.2 Å². The molecule has 1 N–H and O–H groups in total. The Morgan fingerprint density at radius 2 is 1.63 bits per heavy atom. The average Bonchev–Trinajstić information content (AvgIpc) is 2.81. The first-order valence-electron chi connectivity index (χ1n) is 10.1. The summed E-state index contributed by atoms with van der Waals surface area (Å²) in [5.74, 6) is 2.08. The van der Waals surface area contributed by atoms with Gasteiger partial charge in [-0.05, 0) is 36.4 Å². The van der Waals surface area contributed by atoms with Crippen LogP contribution in [-0.2, 0) is 0 Å². The van der Waals surface area contributed by atoms with Crippen LogP contribution in [0.15, 0.2) is 73.1 Å². The molecule has 2 aromatic carbocycles. The fourth-order valence-electron chi connectivity index (χ4n) is 3.38. The van der Waals surface area contributed by atoms with Gasteiger partial charge >= 0.3 is 0 Å². The number of anilines is 1. The van der Waals surface area contributed by atoms with Gasteiger partial charge in [0, 0.05) is 57.2 Å². The Morgan fingerprint density at radius 3 is 2.40 bits per heavy atom. The number of carbonyl (C=O) groups excluding carboxylic acids is 1. The van der Waals surface area contributed by atoms with E-state index in [0.717, 1.165) is 44.4 Å². The van der Waals surface area contributed by atoms with Gasteiger partial charge in [-0.3, -0.25) is 9.69 Å². The second kappa shape index (κ2) is 9.84. The van der Waals surface area contributed by atoms with Gasteiger partial charge in [0.1, 0.15) is 11.5 Å². The number of carbonyl (C=O) groups is 1. The predicted octanol–water partition coefficient (Wildman–Crippen LogP) is 2.82. The molecule has 7 nitrogen and oxygen atoms in total. The summed E-state index contributed by atoms with van der Waals surface area (Å²) in [6.45, 7) is 5.04. The van der Waals surface area contributed by atoms with Gasteiger partial charge in [0.15, 0.2) is 0 Å². The second-order valence-corrected chi connectivity index (χ2v) is 7.08. The maximum atomic E-state index is 12.5. The number of rotatable bonds is 7. The molecule has 0 unspecified atom stereocenters. The zero-order valence-electron chi connectivity index (χ0n) is 16.8. The van der Waals surface area contributed by atoms with Gasteiger partial charge in [-0.15, -0.1) is 0 Å². The summed E-state index contributed by atoms with van der Waals surface area (Å²) in [6, 6.07) is 18.6. The number of aromatic nitrogens is 2. The molecule has 0 atom stereocenters. The van der Waals surface area contributed by atoms with Gasteiger partial charge in [0.2, 0.25) is 5.95 Å². The lowest BCUT2D eigenvalue weighted by atomic mass is 10.2. The number of nitrogens with zero attached hydrogens (tertiary/aromatic N) is 4. The van der Waals surface area contributed by atoms with Crippen molar-refractivity contribution in [3.8, 4) is 11.5 Å². The lowest BCUT2D eigenvalue weighted by Crippen LogP contribution is -2.49. The molecule has 0 bridgehead atoms. The van der Waals surface area contributed by atoms with Crippen molar-refractivity contribution in [3.63, 3.8) is 0 Å². The lowest BCUT2D eigenvalue weighted by Gasteiger charge is -2.34. The van der Waals surface area contributed by atoms with Gasteiger partial charge in [-0.2, -0.15) is 0 Å². The van der Waals surface area contributed by atoms with E-state index in [0.29, 0.717) is 17.9 Å². The Hall–Kier alpha value is -3.45. The number of ether oxygens (including phenoxy) is 1. The highest BCUT2D eigenvalue weighted by molar-refractivity contribution is 5.94. The SMILES string of the molecule is O=C(NCCN1CCN(c2ncccn2)CC1)c1cccc(Oc2ccccc2)c1. The normalized spacial score (nSPS) is 14.3. The molecule has 154 valence electrons. The summed E-state index contributed by atoms with van der Waals surface area (Å²) in [7, 11) is 0. The van der Waals surface area contributed by atoms with E-state index in [2.05, 4.69) is 25.1 Å². The average molecular weight is 403 g/mol. The summed E-state index contributed by atoms with van der Waals surface area (Å²) in [5.41, 5.74) is 0.592. The van der Waals surface area contributed by atoms with Gasteiger partial charge in [0.05, 0.1) is 0 Å². The zero-order valence-corrected chi connectivity index (χ0v) is 16.8. The predicted molar refractivity (Wildman–Crippen MR) is 116 cm³/mol. The number of benzene rings is 2. The Kier molecular flexibility index (Phi) is 6.51. The second-order valence-electron chi connectivity index (χ2n) is 7.08. The molecule has 1 fully saturated rings. The highest BCUT2D eigenvalue weighted by Gasteiger charge is 2.18. The van der Waals surface area contributed by atoms with Crippen molar-refractivity contribution in [1.82, 2.24) is 20.2 Å². The third kappa shape index (κ3) is 5.33. The van der Waals surface area contributed by atoms with E-state index < -0.39 is 0 Å². The zero-order chi connectivity index (χ0) is 20.6. The van der Waals surface area contributed by atoms with E-state index >= 15 is 0 Å². The van der Waals surface area contributed by atoms with Crippen molar-refractivity contribution in [1.29, 1.82) is 0 Å². The van der Waals surface area contributed by atoms with Crippen LogP contribution in [0.5, 0.6) is 11.5 Å². The van der Waals surface area contributed by atoms with Crippen LogP contribution in [0.3, 0.4) is 0 Å². The van der Waals surface area contributed by atoms with Crippen molar-refractivity contribution >= 4 is 11.9 Å². The lowest BCUT2D eigenvalue weighted by molar-refractivity contribution is 0.0947. The molecular weight excluding hydrogens is 378 g/mol. The van der Waals surface area contributed by atoms with Crippen LogP contribution in [0.2, 0.25) is 0 Å². The summed E-state index contributed by atoms with van der Waals surface area (Å²) in [5, 5.41) is 3.01. The molecule has 7 heteroatoms. The molecule has 0 saturated carbocycles. The van der Waals surface area contributed by atoms with Crippen LogP contribution in [0, 0.1) is 0 Å². The van der Waals surface area contributed by atoms with E-state index in [-0.39, 0.29) is 5.91 Å². The Labute approximate surface area is 176 Å². The molecule has 0 radical (unpaired) electrons. The van der Waals surface area contributed by atoms with E-state index in [1.54, 1.807) is 24.5 Å². The van der Waals surface area contributed by atoms with Crippen LogP contribution in [0.4, 0.5) is 5.95 Å². The highest BCUT2D eigenvalue weighted by Crippen LogP contribution is 2.21. The summed E-state index contributed by atoms with van der Waals surface area (Å²) in [4.78, 5) is 25.7. The van der Waals surface area contributed by atoms with Crippen LogP contribution in [0.1, 0.15) is 10.4 Å². The molecule has 1 amide bonds. The first-order chi connectivity index (χ1) is 14.8. The monoisotopic (exact) mass is 403 g/mol. The van der Waals surface area contributed by atoms with Gasteiger partial charge < -0.3 is 15.0 Å². The maximum Gasteiger partial charge on any atom is 0.251 e. The summed E-state index contributed by atoms with van der Waals surface area (Å²) in [6.07, 6.45) is 3.54. The Morgan fingerprint density at radius 1 is 0.900 bits per heavy atom. The van der Waals surface area contributed by atoms with Crippen LogP contribution < -0.4 is 15.0 Å². The number of hydrogen-bond acceptors (Lipinski definition) is 6. The fraction of sp³-hybridized carbons (Fsp3) is 0.261. The maximum absolute atomic E-state index is 12.5. The van der Waals surface area contributed by atoms with E-state index in [9.17, 15) is 4.79 Å². The van der Waals surface area contributed by atoms with E-state index in [1.165, 1.54) is 0 Å². The van der Waals surface area contributed by atoms with Crippen molar-refractivity contribution in [2.24, 2.45) is 0 Å². The van der Waals surface area contributed by atoms with Crippen LogP contribution in [-0.4, -0.2) is 60.0 Å². The van der Waals surface area contributed by atoms with Gasteiger partial charge in [0.25, 0.3) is 5.91 Å². The number of amides is 1. The third-order valence-corrected chi connectivity index (χ3v) is 5.00. The minimum Gasteiger partial charge on any atom is -0.457 e. The number of piperazine rings is 1. The summed E-state index contributed by atoms with van der Waals surface area (Å²) < 4.78 is 5.81. The molecule has 1 aliphatic rings. The number of nitrogens with one attached hydrogen (secondary N) is 1. The van der Waals surface area contributed by atoms with Gasteiger partial charge in [-0.1, -0.05) is 24.3 Å². The van der Waals surface area contributed by atoms with Gasteiger partial charge in [-0.25, -0.2) is 9.97 Å². The molecule has 1 aliphatic heterocycles. The standard InChI is InChI=1S/C23H25N5O2/c29-22(19-6-4-9-21(18-19)30-20-7-2-1-3-8-20)24-12-13-27-14-16-28(17-15-27)23-25-10-5-11-26-23/h1-11,18H,12-17H2,(H,24,29). The van der Waals surface area contributed by atoms with E-state index in [1.807, 2.05) is 48.5 Å². The number of hydrogen-bond donors (Lipinski definition) is 1. The minimum atomic E-state index is -0.0927. The fourth-order valence-corrected chi connectivity index (χ4v) is 3.38. The topological polar surface area (TPSA) is 70.6 Å².